The van der Waals surface area contributed by atoms with E-state index in [1.807, 2.05) is 12.1 Å². The zero-order valence-corrected chi connectivity index (χ0v) is 15.3. The first-order valence-electron chi connectivity index (χ1n) is 9.38. The van der Waals surface area contributed by atoms with Gasteiger partial charge >= 0.3 is 0 Å². The molecule has 0 aliphatic carbocycles. The van der Waals surface area contributed by atoms with Crippen LogP contribution in [-0.2, 0) is 0 Å². The van der Waals surface area contributed by atoms with Crippen molar-refractivity contribution in [2.75, 3.05) is 13.7 Å². The molecule has 0 radical (unpaired) electrons. The standard InChI is InChI=1S/C24H22N2O/c1-27-18-13-11-17(12-14-18)23-24-22(19-9-5-6-10-21(19)26-24)20(15-25-23)16-7-3-2-4-8-16/h2-14,20,23,25-26H,15H2,1H3. The highest BCUT2D eigenvalue weighted by molar-refractivity contribution is 5.86. The van der Waals surface area contributed by atoms with Gasteiger partial charge in [-0.15, -0.1) is 0 Å². The van der Waals surface area contributed by atoms with Gasteiger partial charge in [0.05, 0.1) is 13.2 Å². The summed E-state index contributed by atoms with van der Waals surface area (Å²) in [5.74, 6) is 1.22. The maximum Gasteiger partial charge on any atom is 0.118 e. The summed E-state index contributed by atoms with van der Waals surface area (Å²) < 4.78 is 5.32. The third-order valence-corrected chi connectivity index (χ3v) is 5.59. The van der Waals surface area contributed by atoms with Gasteiger partial charge in [0, 0.05) is 29.1 Å². The molecule has 1 aromatic heterocycles. The van der Waals surface area contributed by atoms with E-state index in [1.165, 1.54) is 33.3 Å². The SMILES string of the molecule is COc1ccc(C2NCC(c3ccccc3)c3c2[nH]c2ccccc32)cc1. The summed E-state index contributed by atoms with van der Waals surface area (Å²) in [6.07, 6.45) is 0. The Balaban J connectivity index is 1.67. The molecule has 1 aliphatic heterocycles. The van der Waals surface area contributed by atoms with E-state index in [1.54, 1.807) is 7.11 Å². The Morgan fingerprint density at radius 2 is 1.56 bits per heavy atom. The number of aromatic nitrogens is 1. The summed E-state index contributed by atoms with van der Waals surface area (Å²) in [6.45, 7) is 0.912. The summed E-state index contributed by atoms with van der Waals surface area (Å²) in [6, 6.07) is 27.9. The molecule has 1 aliphatic rings. The maximum absolute atomic E-state index is 5.32. The molecular formula is C24H22N2O. The van der Waals surface area contributed by atoms with Crippen LogP contribution in [0.25, 0.3) is 10.9 Å². The van der Waals surface area contributed by atoms with Crippen molar-refractivity contribution in [2.24, 2.45) is 0 Å². The van der Waals surface area contributed by atoms with Crippen LogP contribution in [-0.4, -0.2) is 18.6 Å². The molecule has 27 heavy (non-hydrogen) atoms. The highest BCUT2D eigenvalue weighted by Crippen LogP contribution is 2.41. The lowest BCUT2D eigenvalue weighted by Crippen LogP contribution is -2.34. The number of ether oxygens (including phenoxy) is 1. The predicted molar refractivity (Wildman–Crippen MR) is 109 cm³/mol. The topological polar surface area (TPSA) is 37.0 Å². The van der Waals surface area contributed by atoms with E-state index in [9.17, 15) is 0 Å². The van der Waals surface area contributed by atoms with Crippen LogP contribution in [0.3, 0.4) is 0 Å². The van der Waals surface area contributed by atoms with Crippen molar-refractivity contribution >= 4 is 10.9 Å². The lowest BCUT2D eigenvalue weighted by Gasteiger charge is -2.31. The molecule has 3 aromatic carbocycles. The molecule has 134 valence electrons. The number of para-hydroxylation sites is 1. The summed E-state index contributed by atoms with van der Waals surface area (Å²) in [5.41, 5.74) is 6.47. The number of H-pyrrole nitrogens is 1. The van der Waals surface area contributed by atoms with E-state index in [0.29, 0.717) is 5.92 Å². The maximum atomic E-state index is 5.32. The Hall–Kier alpha value is -3.04. The van der Waals surface area contributed by atoms with Gasteiger partial charge in [0.25, 0.3) is 0 Å². The smallest absolute Gasteiger partial charge is 0.118 e. The number of benzene rings is 3. The highest BCUT2D eigenvalue weighted by atomic mass is 16.5. The lowest BCUT2D eigenvalue weighted by atomic mass is 9.83. The summed E-state index contributed by atoms with van der Waals surface area (Å²) in [7, 11) is 1.70. The first-order valence-corrected chi connectivity index (χ1v) is 9.38. The van der Waals surface area contributed by atoms with E-state index in [0.717, 1.165) is 12.3 Å². The number of hydrogen-bond acceptors (Lipinski definition) is 2. The zero-order valence-electron chi connectivity index (χ0n) is 15.3. The van der Waals surface area contributed by atoms with E-state index in [2.05, 4.69) is 77.0 Å². The molecule has 2 heterocycles. The van der Waals surface area contributed by atoms with Crippen LogP contribution < -0.4 is 10.1 Å². The Kier molecular flexibility index (Phi) is 3.95. The van der Waals surface area contributed by atoms with Crippen molar-refractivity contribution in [3.8, 4) is 5.75 Å². The summed E-state index contributed by atoms with van der Waals surface area (Å²) in [5, 5.41) is 5.09. The second kappa shape index (κ2) is 6.60. The van der Waals surface area contributed by atoms with Crippen molar-refractivity contribution in [3.63, 3.8) is 0 Å². The highest BCUT2D eigenvalue weighted by Gasteiger charge is 2.32. The fourth-order valence-electron chi connectivity index (χ4n) is 4.28. The van der Waals surface area contributed by atoms with E-state index in [4.69, 9.17) is 4.74 Å². The van der Waals surface area contributed by atoms with Crippen LogP contribution in [0.1, 0.15) is 34.3 Å². The Labute approximate surface area is 159 Å². The molecule has 0 saturated heterocycles. The van der Waals surface area contributed by atoms with Gasteiger partial charge in [-0.05, 0) is 34.9 Å². The Bertz CT molecular complexity index is 1070. The molecule has 2 atom stereocenters. The first kappa shape index (κ1) is 16.2. The van der Waals surface area contributed by atoms with Gasteiger partial charge in [-0.1, -0.05) is 60.7 Å². The van der Waals surface area contributed by atoms with Gasteiger partial charge in [0.15, 0.2) is 0 Å². The monoisotopic (exact) mass is 354 g/mol. The van der Waals surface area contributed by atoms with E-state index < -0.39 is 0 Å². The molecule has 0 bridgehead atoms. The molecule has 0 saturated carbocycles. The summed E-state index contributed by atoms with van der Waals surface area (Å²) in [4.78, 5) is 3.70. The van der Waals surface area contributed by atoms with Crippen molar-refractivity contribution in [3.05, 3.63) is 101 Å². The molecule has 3 heteroatoms. The molecule has 0 fully saturated rings. The van der Waals surface area contributed by atoms with Crippen molar-refractivity contribution < 1.29 is 4.74 Å². The second-order valence-corrected chi connectivity index (χ2v) is 7.08. The van der Waals surface area contributed by atoms with Gasteiger partial charge < -0.3 is 15.0 Å². The molecule has 3 nitrogen and oxygen atoms in total. The predicted octanol–water partition coefficient (Wildman–Crippen LogP) is 5.00. The van der Waals surface area contributed by atoms with Crippen LogP contribution in [0, 0.1) is 0 Å². The van der Waals surface area contributed by atoms with Gasteiger partial charge in [-0.3, -0.25) is 0 Å². The Morgan fingerprint density at radius 3 is 2.33 bits per heavy atom. The molecule has 4 aromatic rings. The first-order chi connectivity index (χ1) is 13.3. The fraction of sp³-hybridized carbons (Fsp3) is 0.167. The van der Waals surface area contributed by atoms with Crippen LogP contribution in [0.15, 0.2) is 78.9 Å². The van der Waals surface area contributed by atoms with Gasteiger partial charge in [-0.2, -0.15) is 0 Å². The third-order valence-electron chi connectivity index (χ3n) is 5.59. The molecular weight excluding hydrogens is 332 g/mol. The number of nitrogens with one attached hydrogen (secondary N) is 2. The average molecular weight is 354 g/mol. The molecule has 0 amide bonds. The van der Waals surface area contributed by atoms with Crippen molar-refractivity contribution in [1.82, 2.24) is 10.3 Å². The molecule has 5 rings (SSSR count). The van der Waals surface area contributed by atoms with Gasteiger partial charge in [-0.25, -0.2) is 0 Å². The second-order valence-electron chi connectivity index (χ2n) is 7.08. The van der Waals surface area contributed by atoms with Crippen LogP contribution in [0.2, 0.25) is 0 Å². The number of fused-ring (bicyclic) bond motifs is 3. The number of hydrogen-bond donors (Lipinski definition) is 2. The normalized spacial score (nSPS) is 19.0. The molecule has 2 N–H and O–H groups in total. The van der Waals surface area contributed by atoms with Crippen molar-refractivity contribution in [2.45, 2.75) is 12.0 Å². The number of aromatic amines is 1. The minimum Gasteiger partial charge on any atom is -0.497 e. The summed E-state index contributed by atoms with van der Waals surface area (Å²) >= 11 is 0. The van der Waals surface area contributed by atoms with Crippen LogP contribution in [0.5, 0.6) is 5.75 Å². The van der Waals surface area contributed by atoms with Gasteiger partial charge in [0.2, 0.25) is 0 Å². The zero-order chi connectivity index (χ0) is 18.2. The van der Waals surface area contributed by atoms with E-state index >= 15 is 0 Å². The fourth-order valence-corrected chi connectivity index (χ4v) is 4.28. The minimum absolute atomic E-state index is 0.151. The van der Waals surface area contributed by atoms with Gasteiger partial charge in [0.1, 0.15) is 5.75 Å². The number of methoxy groups -OCH3 is 1. The molecule has 0 spiro atoms. The Morgan fingerprint density at radius 1 is 0.815 bits per heavy atom. The average Bonchev–Trinajstić information content (AvgIpc) is 3.13. The molecule has 2 unspecified atom stereocenters. The number of rotatable bonds is 3. The van der Waals surface area contributed by atoms with Crippen molar-refractivity contribution in [1.29, 1.82) is 0 Å². The third kappa shape index (κ3) is 2.71. The quantitative estimate of drug-likeness (QED) is 0.543. The van der Waals surface area contributed by atoms with E-state index in [-0.39, 0.29) is 6.04 Å². The largest absolute Gasteiger partial charge is 0.497 e. The lowest BCUT2D eigenvalue weighted by molar-refractivity contribution is 0.414. The van der Waals surface area contributed by atoms with Crippen LogP contribution in [0.4, 0.5) is 0 Å². The van der Waals surface area contributed by atoms with Crippen LogP contribution >= 0.6 is 0 Å². The minimum atomic E-state index is 0.151.